The number of aryl methyl sites for hydroxylation is 2. The van der Waals surface area contributed by atoms with E-state index in [0.717, 1.165) is 51.2 Å². The second kappa shape index (κ2) is 10.7. The number of rotatable bonds is 8. The molecule has 0 atom stereocenters. The first-order valence-electron chi connectivity index (χ1n) is 12.5. The highest BCUT2D eigenvalue weighted by molar-refractivity contribution is 7.89. The summed E-state index contributed by atoms with van der Waals surface area (Å²) in [5.41, 5.74) is 6.33. The van der Waals surface area contributed by atoms with E-state index in [1.54, 1.807) is 24.5 Å². The summed E-state index contributed by atoms with van der Waals surface area (Å²) in [5, 5.41) is 9.65. The number of benzene rings is 3. The predicted molar refractivity (Wildman–Crippen MR) is 148 cm³/mol. The molecule has 3 aromatic carbocycles. The Morgan fingerprint density at radius 2 is 1.64 bits per heavy atom. The van der Waals surface area contributed by atoms with Crippen molar-refractivity contribution in [3.05, 3.63) is 102 Å². The lowest BCUT2D eigenvalue weighted by molar-refractivity contribution is 0.172. The Hall–Kier alpha value is -4.57. The molecule has 0 spiro atoms. The number of hydrogen-bond donors (Lipinski definition) is 1. The smallest absolute Gasteiger partial charge is 0.421 e. The minimum Gasteiger partial charge on any atom is -0.464 e. The molecule has 2 aromatic heterocycles. The Morgan fingerprint density at radius 3 is 2.28 bits per heavy atom. The molecule has 0 saturated heterocycles. The van der Waals surface area contributed by atoms with Crippen LogP contribution < -0.4 is 0 Å². The lowest BCUT2D eigenvalue weighted by atomic mass is 10.1. The molecule has 1 N–H and O–H groups in total. The molecule has 2 heterocycles. The second-order valence-electron chi connectivity index (χ2n) is 9.14. The summed E-state index contributed by atoms with van der Waals surface area (Å²) >= 11 is 0. The number of imidazole rings is 1. The summed E-state index contributed by atoms with van der Waals surface area (Å²) in [6, 6.07) is 19.8. The van der Waals surface area contributed by atoms with Crippen LogP contribution in [0, 0.1) is 6.92 Å². The fourth-order valence-electron chi connectivity index (χ4n) is 4.48. The number of carbonyl (C=O) groups is 1. The highest BCUT2D eigenvalue weighted by Gasteiger charge is 2.28. The first-order valence-corrected chi connectivity index (χ1v) is 13.9. The highest BCUT2D eigenvalue weighted by Crippen LogP contribution is 2.27. The van der Waals surface area contributed by atoms with Gasteiger partial charge >= 0.3 is 6.09 Å². The SMILES string of the molecule is CCc1nc2cc(-c3cncnc3)ccc2n1-c1ccc(CCN(C(=O)O)S(=O)(=O)c2ccc(C)cc2)cc1. The summed E-state index contributed by atoms with van der Waals surface area (Å²) in [6.07, 6.45) is 4.49. The lowest BCUT2D eigenvalue weighted by Gasteiger charge is -2.19. The molecule has 0 aliphatic carbocycles. The minimum atomic E-state index is -4.17. The number of amides is 1. The van der Waals surface area contributed by atoms with Crippen LogP contribution in [0.4, 0.5) is 4.79 Å². The van der Waals surface area contributed by atoms with E-state index in [9.17, 15) is 18.3 Å². The van der Waals surface area contributed by atoms with Gasteiger partial charge in [-0.05, 0) is 60.9 Å². The average Bonchev–Trinajstić information content (AvgIpc) is 3.32. The fraction of sp³-hybridized carbons (Fsp3) is 0.172. The van der Waals surface area contributed by atoms with E-state index >= 15 is 0 Å². The van der Waals surface area contributed by atoms with E-state index in [1.807, 2.05) is 56.3 Å². The van der Waals surface area contributed by atoms with Crippen molar-refractivity contribution in [3.63, 3.8) is 0 Å². The normalized spacial score (nSPS) is 11.5. The van der Waals surface area contributed by atoms with Crippen molar-refractivity contribution in [1.29, 1.82) is 0 Å². The third kappa shape index (κ3) is 5.23. The lowest BCUT2D eigenvalue weighted by Crippen LogP contribution is -2.37. The van der Waals surface area contributed by atoms with Gasteiger partial charge in [0.2, 0.25) is 0 Å². The van der Waals surface area contributed by atoms with Crippen LogP contribution in [0.2, 0.25) is 0 Å². The molecule has 0 radical (unpaired) electrons. The maximum atomic E-state index is 13.0. The van der Waals surface area contributed by atoms with Gasteiger partial charge in [0.25, 0.3) is 10.0 Å². The maximum absolute atomic E-state index is 13.0. The Morgan fingerprint density at radius 1 is 0.949 bits per heavy atom. The number of aromatic nitrogens is 4. The van der Waals surface area contributed by atoms with Crippen LogP contribution >= 0.6 is 0 Å². The van der Waals surface area contributed by atoms with Crippen LogP contribution in [0.5, 0.6) is 0 Å². The van der Waals surface area contributed by atoms with E-state index in [1.165, 1.54) is 18.5 Å². The molecule has 0 aliphatic heterocycles. The van der Waals surface area contributed by atoms with Gasteiger partial charge in [0.1, 0.15) is 12.2 Å². The maximum Gasteiger partial charge on any atom is 0.421 e. The van der Waals surface area contributed by atoms with Gasteiger partial charge in [-0.2, -0.15) is 0 Å². The van der Waals surface area contributed by atoms with Crippen LogP contribution in [0.3, 0.4) is 0 Å². The molecule has 198 valence electrons. The molecular formula is C29H27N5O4S. The van der Waals surface area contributed by atoms with Crippen molar-refractivity contribution in [2.45, 2.75) is 31.6 Å². The standard InChI is InChI=1S/C29H27N5O4S/c1-3-28-32-26-16-22(23-17-30-19-31-18-23)8-13-27(26)34(28)24-9-6-21(7-10-24)14-15-33(29(35)36)39(37,38)25-11-4-20(2)5-12-25/h4-13,16-19H,3,14-15H2,1-2H3,(H,35,36). The summed E-state index contributed by atoms with van der Waals surface area (Å²) in [7, 11) is -4.17. The first kappa shape index (κ1) is 26.1. The van der Waals surface area contributed by atoms with Crippen LogP contribution in [-0.4, -0.2) is 50.0 Å². The molecule has 9 nitrogen and oxygen atoms in total. The van der Waals surface area contributed by atoms with Gasteiger partial charge in [0, 0.05) is 36.6 Å². The highest BCUT2D eigenvalue weighted by atomic mass is 32.2. The zero-order valence-electron chi connectivity index (χ0n) is 21.5. The van der Waals surface area contributed by atoms with Crippen molar-refractivity contribution < 1.29 is 18.3 Å². The number of fused-ring (bicyclic) bond motifs is 1. The van der Waals surface area contributed by atoms with E-state index < -0.39 is 16.1 Å². The van der Waals surface area contributed by atoms with Gasteiger partial charge in [-0.3, -0.25) is 4.57 Å². The average molecular weight is 542 g/mol. The Kier molecular flexibility index (Phi) is 7.12. The molecule has 0 aliphatic rings. The summed E-state index contributed by atoms with van der Waals surface area (Å²) < 4.78 is 28.5. The Bertz CT molecular complexity index is 1730. The van der Waals surface area contributed by atoms with Crippen LogP contribution in [0.15, 0.2) is 90.3 Å². The molecule has 0 unspecified atom stereocenters. The van der Waals surface area contributed by atoms with Gasteiger partial charge in [-0.25, -0.2) is 32.5 Å². The van der Waals surface area contributed by atoms with Crippen molar-refractivity contribution in [2.24, 2.45) is 0 Å². The topological polar surface area (TPSA) is 118 Å². The quantitative estimate of drug-likeness (QED) is 0.284. The van der Waals surface area contributed by atoms with Crippen molar-refractivity contribution in [3.8, 4) is 16.8 Å². The fourth-order valence-corrected chi connectivity index (χ4v) is 5.75. The van der Waals surface area contributed by atoms with Crippen molar-refractivity contribution >= 4 is 27.1 Å². The van der Waals surface area contributed by atoms with E-state index in [2.05, 4.69) is 14.5 Å². The molecule has 10 heteroatoms. The van der Waals surface area contributed by atoms with Crippen LogP contribution in [0.1, 0.15) is 23.9 Å². The summed E-state index contributed by atoms with van der Waals surface area (Å²) in [5.74, 6) is 0.903. The van der Waals surface area contributed by atoms with Crippen LogP contribution in [0.25, 0.3) is 27.8 Å². The van der Waals surface area contributed by atoms with Gasteiger partial charge in [0.15, 0.2) is 0 Å². The largest absolute Gasteiger partial charge is 0.464 e. The molecule has 0 saturated carbocycles. The molecule has 5 aromatic rings. The van der Waals surface area contributed by atoms with E-state index in [4.69, 9.17) is 4.98 Å². The van der Waals surface area contributed by atoms with Gasteiger partial charge < -0.3 is 5.11 Å². The van der Waals surface area contributed by atoms with Crippen molar-refractivity contribution in [2.75, 3.05) is 6.54 Å². The third-order valence-corrected chi connectivity index (χ3v) is 8.34. The van der Waals surface area contributed by atoms with Crippen LogP contribution in [-0.2, 0) is 22.9 Å². The predicted octanol–water partition coefficient (Wildman–Crippen LogP) is 5.26. The Labute approximate surface area is 226 Å². The van der Waals surface area contributed by atoms with E-state index in [0.29, 0.717) is 4.31 Å². The first-order chi connectivity index (χ1) is 18.8. The minimum absolute atomic E-state index is 0.0483. The molecule has 0 bridgehead atoms. The van der Waals surface area contributed by atoms with Gasteiger partial charge in [0.05, 0.1) is 15.9 Å². The number of carboxylic acid groups (broad SMARTS) is 1. The van der Waals surface area contributed by atoms with Crippen molar-refractivity contribution in [1.82, 2.24) is 23.8 Å². The third-order valence-electron chi connectivity index (χ3n) is 6.55. The second-order valence-corrected chi connectivity index (χ2v) is 11.0. The summed E-state index contributed by atoms with van der Waals surface area (Å²) in [6.45, 7) is 3.70. The molecule has 39 heavy (non-hydrogen) atoms. The molecule has 1 amide bonds. The summed E-state index contributed by atoms with van der Waals surface area (Å²) in [4.78, 5) is 24.8. The number of sulfonamides is 1. The number of nitrogens with zero attached hydrogens (tertiary/aromatic N) is 5. The molecule has 5 rings (SSSR count). The van der Waals surface area contributed by atoms with Gasteiger partial charge in [-0.1, -0.05) is 42.8 Å². The monoisotopic (exact) mass is 541 g/mol. The zero-order chi connectivity index (χ0) is 27.6. The van der Waals surface area contributed by atoms with Gasteiger partial charge in [-0.15, -0.1) is 0 Å². The number of hydrogen-bond acceptors (Lipinski definition) is 6. The molecule has 0 fully saturated rings. The van der Waals surface area contributed by atoms with E-state index in [-0.39, 0.29) is 17.9 Å². The zero-order valence-corrected chi connectivity index (χ0v) is 22.3. The molecular weight excluding hydrogens is 514 g/mol. The Balaban J connectivity index is 1.38.